The van der Waals surface area contributed by atoms with Crippen molar-refractivity contribution >= 4 is 38.8 Å². The van der Waals surface area contributed by atoms with Crippen LogP contribution in [0.25, 0.3) is 0 Å². The first-order valence-corrected chi connectivity index (χ1v) is 17.1. The van der Waals surface area contributed by atoms with E-state index in [2.05, 4.69) is 46.0 Å². The fourth-order valence-corrected chi connectivity index (χ4v) is 7.83. The predicted molar refractivity (Wildman–Crippen MR) is 163 cm³/mol. The van der Waals surface area contributed by atoms with Crippen molar-refractivity contribution in [3.05, 3.63) is 52.6 Å². The van der Waals surface area contributed by atoms with E-state index in [0.29, 0.717) is 17.7 Å². The Kier molecular flexibility index (Phi) is 8.70. The van der Waals surface area contributed by atoms with Gasteiger partial charge in [-0.25, -0.2) is 23.4 Å². The number of ether oxygens (including phenoxy) is 1. The molecule has 0 radical (unpaired) electrons. The molecule has 2 bridgehead atoms. The van der Waals surface area contributed by atoms with E-state index in [-0.39, 0.29) is 17.8 Å². The smallest absolute Gasteiger partial charge is 0.273 e. The summed E-state index contributed by atoms with van der Waals surface area (Å²) in [6.45, 7) is 10.9. The summed E-state index contributed by atoms with van der Waals surface area (Å²) in [5.41, 5.74) is 5.33. The second-order valence-electron chi connectivity index (χ2n) is 11.4. The maximum Gasteiger partial charge on any atom is 0.273 e. The summed E-state index contributed by atoms with van der Waals surface area (Å²) in [5.74, 6) is 2.27. The van der Waals surface area contributed by atoms with E-state index in [0.717, 1.165) is 73.9 Å². The molecule has 40 heavy (non-hydrogen) atoms. The summed E-state index contributed by atoms with van der Waals surface area (Å²) in [6, 6.07) is 0. The number of aromatic nitrogens is 2. The van der Waals surface area contributed by atoms with Crippen molar-refractivity contribution in [2.45, 2.75) is 65.9 Å². The molecule has 1 aromatic heterocycles. The van der Waals surface area contributed by atoms with Gasteiger partial charge in [0, 0.05) is 43.7 Å². The van der Waals surface area contributed by atoms with Crippen molar-refractivity contribution in [3.63, 3.8) is 0 Å². The molecule has 1 saturated heterocycles. The molecule has 9 nitrogen and oxygen atoms in total. The summed E-state index contributed by atoms with van der Waals surface area (Å²) in [4.78, 5) is 21.0. The van der Waals surface area contributed by atoms with Crippen molar-refractivity contribution in [1.29, 1.82) is 0 Å². The molecule has 216 valence electrons. The van der Waals surface area contributed by atoms with E-state index < -0.39 is 9.84 Å². The molecule has 3 aliphatic heterocycles. The average molecular weight is 585 g/mol. The first-order valence-electron chi connectivity index (χ1n) is 14.2. The zero-order valence-electron chi connectivity index (χ0n) is 24.1. The lowest BCUT2D eigenvalue weighted by molar-refractivity contribution is 0.126. The third-order valence-corrected chi connectivity index (χ3v) is 9.71. The van der Waals surface area contributed by atoms with Gasteiger partial charge in [0.15, 0.2) is 15.7 Å². The fourth-order valence-electron chi connectivity index (χ4n) is 5.79. The lowest BCUT2D eigenvalue weighted by Gasteiger charge is -2.38. The van der Waals surface area contributed by atoms with E-state index in [1.54, 1.807) is 0 Å². The van der Waals surface area contributed by atoms with Crippen LogP contribution in [-0.4, -0.2) is 71.5 Å². The van der Waals surface area contributed by atoms with Crippen LogP contribution in [0.15, 0.2) is 57.1 Å². The monoisotopic (exact) mass is 584 g/mol. The predicted octanol–water partition coefficient (Wildman–Crippen LogP) is 4.95. The Morgan fingerprint density at radius 3 is 2.52 bits per heavy atom. The van der Waals surface area contributed by atoms with E-state index in [4.69, 9.17) is 14.7 Å². The van der Waals surface area contributed by atoms with E-state index in [1.807, 2.05) is 25.4 Å². The molecular weight excluding hydrogens is 544 g/mol. The highest BCUT2D eigenvalue weighted by Crippen LogP contribution is 2.39. The van der Waals surface area contributed by atoms with Crippen LogP contribution in [0.4, 0.5) is 5.95 Å². The van der Waals surface area contributed by atoms with Crippen molar-refractivity contribution in [2.75, 3.05) is 36.5 Å². The molecule has 11 heteroatoms. The Balaban J connectivity index is 1.19. The van der Waals surface area contributed by atoms with Crippen LogP contribution in [0, 0.1) is 11.8 Å². The topological polar surface area (TPSA) is 100 Å². The maximum atomic E-state index is 11.8. The second-order valence-corrected chi connectivity index (χ2v) is 14.5. The number of hydrogen-bond acceptors (Lipinski definition) is 10. The number of aryl methyl sites for hydroxylation is 1. The normalized spacial score (nSPS) is 22.9. The fraction of sp³-hybridized carbons (Fsp3) is 0.586. The Morgan fingerprint density at radius 1 is 1.15 bits per heavy atom. The highest BCUT2D eigenvalue weighted by molar-refractivity contribution is 8.11. The molecule has 0 amide bonds. The van der Waals surface area contributed by atoms with Crippen LogP contribution in [0.1, 0.15) is 58.9 Å². The van der Waals surface area contributed by atoms with Gasteiger partial charge in [0.05, 0.1) is 23.7 Å². The highest BCUT2D eigenvalue weighted by atomic mass is 32.2. The van der Waals surface area contributed by atoms with E-state index in [9.17, 15) is 8.42 Å². The minimum Gasteiger partial charge on any atom is -0.468 e. The molecule has 0 N–H and O–H groups in total. The Labute approximate surface area is 242 Å². The average Bonchev–Trinajstić information content (AvgIpc) is 2.90. The van der Waals surface area contributed by atoms with Crippen LogP contribution in [0.2, 0.25) is 0 Å². The van der Waals surface area contributed by atoms with Crippen molar-refractivity contribution in [3.8, 4) is 0 Å². The standard InChI is InChI=1S/C29H40N6O3S2/c1-6-7-22-15-30-28(31-16-22)34-12-10-23(11-13-34)21(4)38-29-33-26-17-35(39-29)27(20(3)32-26)24-8-9-25(19(2)14-24)18-40(5,36)37/h8-9,15-16,19,21,23H,6-7,10-14,17-18H2,1-5H3. The van der Waals surface area contributed by atoms with Gasteiger partial charge in [-0.3, -0.25) is 4.31 Å². The molecule has 2 unspecified atom stereocenters. The van der Waals surface area contributed by atoms with Gasteiger partial charge < -0.3 is 9.64 Å². The van der Waals surface area contributed by atoms with Crippen molar-refractivity contribution in [1.82, 2.24) is 14.3 Å². The maximum absolute atomic E-state index is 11.8. The first kappa shape index (κ1) is 28.9. The molecule has 4 heterocycles. The number of rotatable bonds is 8. The van der Waals surface area contributed by atoms with E-state index >= 15 is 0 Å². The third kappa shape index (κ3) is 6.79. The van der Waals surface area contributed by atoms with Crippen LogP contribution >= 0.6 is 11.9 Å². The number of aliphatic imine (C=N–C) groups is 2. The molecular formula is C29H40N6O3S2. The first-order chi connectivity index (χ1) is 19.1. The number of fused-ring (bicyclic) bond motifs is 2. The largest absolute Gasteiger partial charge is 0.468 e. The highest BCUT2D eigenvalue weighted by Gasteiger charge is 2.34. The molecule has 0 spiro atoms. The van der Waals surface area contributed by atoms with Gasteiger partial charge in [-0.1, -0.05) is 38.0 Å². The summed E-state index contributed by atoms with van der Waals surface area (Å²) in [6.07, 6.45) is 14.2. The molecule has 1 fully saturated rings. The van der Waals surface area contributed by atoms with Crippen LogP contribution in [0.3, 0.4) is 0 Å². The number of anilines is 1. The number of allylic oxidation sites excluding steroid dienone is 4. The zero-order chi connectivity index (χ0) is 28.4. The van der Waals surface area contributed by atoms with Gasteiger partial charge in [0.1, 0.15) is 6.10 Å². The number of sulfone groups is 1. The SMILES string of the molecule is CCCc1cnc(N2CCC(C(C)OC3=NC4=NC(C)=C(C5=CC=C(CS(C)(=O)=O)C(C)C5)N(C4)S3)CC2)nc1. The number of hydrogen-bond donors (Lipinski definition) is 0. The van der Waals surface area contributed by atoms with Gasteiger partial charge >= 0.3 is 0 Å². The molecule has 0 aromatic carbocycles. The van der Waals surface area contributed by atoms with Gasteiger partial charge in [-0.15, -0.1) is 0 Å². The Bertz CT molecular complexity index is 1370. The number of nitrogens with zero attached hydrogens (tertiary/aromatic N) is 6. The molecule has 5 rings (SSSR count). The molecule has 1 aliphatic carbocycles. The number of piperidine rings is 1. The van der Waals surface area contributed by atoms with Crippen molar-refractivity contribution in [2.24, 2.45) is 21.8 Å². The van der Waals surface area contributed by atoms with Gasteiger partial charge in [-0.2, -0.15) is 4.99 Å². The number of amidine groups is 1. The summed E-state index contributed by atoms with van der Waals surface area (Å²) in [5, 5.41) is 0.637. The molecule has 4 aliphatic rings. The van der Waals surface area contributed by atoms with Crippen LogP contribution in [-0.2, 0) is 21.0 Å². The zero-order valence-corrected chi connectivity index (χ0v) is 25.8. The van der Waals surface area contributed by atoms with Crippen LogP contribution < -0.4 is 4.90 Å². The van der Waals surface area contributed by atoms with Gasteiger partial charge in [0.2, 0.25) is 5.95 Å². The van der Waals surface area contributed by atoms with Gasteiger partial charge in [-0.05, 0) is 62.5 Å². The second kappa shape index (κ2) is 12.1. The van der Waals surface area contributed by atoms with Crippen LogP contribution in [0.5, 0.6) is 0 Å². The summed E-state index contributed by atoms with van der Waals surface area (Å²) >= 11 is 1.53. The molecule has 0 saturated carbocycles. The molecule has 1 aromatic rings. The molecule has 2 atom stereocenters. The van der Waals surface area contributed by atoms with Crippen molar-refractivity contribution < 1.29 is 13.2 Å². The summed E-state index contributed by atoms with van der Waals surface area (Å²) < 4.78 is 32.3. The van der Waals surface area contributed by atoms with Gasteiger partial charge in [0.25, 0.3) is 5.23 Å². The lowest BCUT2D eigenvalue weighted by atomic mass is 9.87. The Hall–Kier alpha value is -2.66. The van der Waals surface area contributed by atoms with E-state index in [1.165, 1.54) is 29.3 Å². The quantitative estimate of drug-likeness (QED) is 0.396. The minimum atomic E-state index is -3.06. The third-order valence-electron chi connectivity index (χ3n) is 7.98. The Morgan fingerprint density at radius 2 is 1.88 bits per heavy atom. The lowest BCUT2D eigenvalue weighted by Crippen LogP contribution is -2.40. The summed E-state index contributed by atoms with van der Waals surface area (Å²) in [7, 11) is -3.06. The minimum absolute atomic E-state index is 0.0332.